The highest BCUT2D eigenvalue weighted by atomic mass is 35.5. The van der Waals surface area contributed by atoms with E-state index in [1.807, 2.05) is 31.2 Å². The monoisotopic (exact) mass is 348 g/mol. The molecule has 2 N–H and O–H groups in total. The van der Waals surface area contributed by atoms with Crippen molar-refractivity contribution in [3.63, 3.8) is 0 Å². The second-order valence-electron chi connectivity index (χ2n) is 4.96. The third-order valence-corrected chi connectivity index (χ3v) is 5.09. The maximum atomic E-state index is 12.6. The number of nitrogen functional groups attached to an aromatic ring is 1. The van der Waals surface area contributed by atoms with Crippen molar-refractivity contribution in [3.8, 4) is 11.4 Å². The van der Waals surface area contributed by atoms with Crippen LogP contribution in [0.1, 0.15) is 5.56 Å². The fourth-order valence-electron chi connectivity index (χ4n) is 2.02. The maximum Gasteiger partial charge on any atom is 0.286 e. The summed E-state index contributed by atoms with van der Waals surface area (Å²) in [5.41, 5.74) is 7.51. The zero-order valence-corrected chi connectivity index (χ0v) is 13.7. The first-order chi connectivity index (χ1) is 10.9. The van der Waals surface area contributed by atoms with E-state index >= 15 is 0 Å². The quantitative estimate of drug-likeness (QED) is 0.785. The van der Waals surface area contributed by atoms with Gasteiger partial charge in [0.1, 0.15) is 0 Å². The number of hydrogen-bond acceptors (Lipinski definition) is 5. The number of aromatic nitrogens is 3. The highest BCUT2D eigenvalue weighted by molar-refractivity contribution is 7.90. The number of halogens is 1. The van der Waals surface area contributed by atoms with Crippen LogP contribution in [0.4, 0.5) is 5.95 Å². The van der Waals surface area contributed by atoms with Crippen LogP contribution in [0, 0.1) is 6.92 Å². The summed E-state index contributed by atoms with van der Waals surface area (Å²) in [5, 5.41) is 4.48. The van der Waals surface area contributed by atoms with Crippen molar-refractivity contribution >= 4 is 27.6 Å². The molecule has 1 heterocycles. The van der Waals surface area contributed by atoms with E-state index in [2.05, 4.69) is 10.1 Å². The Hall–Kier alpha value is -2.38. The average Bonchev–Trinajstić information content (AvgIpc) is 2.91. The molecule has 23 heavy (non-hydrogen) atoms. The van der Waals surface area contributed by atoms with Crippen molar-refractivity contribution < 1.29 is 8.42 Å². The number of anilines is 1. The summed E-state index contributed by atoms with van der Waals surface area (Å²) >= 11 is 5.78. The number of rotatable bonds is 3. The molecule has 0 atom stereocenters. The predicted octanol–water partition coefficient (Wildman–Crippen LogP) is 2.73. The van der Waals surface area contributed by atoms with Gasteiger partial charge in [0, 0.05) is 10.6 Å². The SMILES string of the molecule is Cc1ccc(-c2nc(N)n(S(=O)(=O)c3ccc(Cl)cc3)n2)cc1. The van der Waals surface area contributed by atoms with Gasteiger partial charge in [-0.15, -0.1) is 9.19 Å². The Morgan fingerprint density at radius 1 is 1.04 bits per heavy atom. The lowest BCUT2D eigenvalue weighted by molar-refractivity contribution is 0.581. The van der Waals surface area contributed by atoms with Gasteiger partial charge in [-0.25, -0.2) is 0 Å². The van der Waals surface area contributed by atoms with E-state index < -0.39 is 10.0 Å². The van der Waals surface area contributed by atoms with Gasteiger partial charge in [0.2, 0.25) is 5.95 Å². The maximum absolute atomic E-state index is 12.6. The molecule has 1 aromatic heterocycles. The van der Waals surface area contributed by atoms with Crippen molar-refractivity contribution in [2.24, 2.45) is 0 Å². The Kier molecular flexibility index (Phi) is 3.83. The largest absolute Gasteiger partial charge is 0.367 e. The highest BCUT2D eigenvalue weighted by Gasteiger charge is 2.23. The predicted molar refractivity (Wildman–Crippen MR) is 88.6 cm³/mol. The van der Waals surface area contributed by atoms with Gasteiger partial charge >= 0.3 is 0 Å². The minimum absolute atomic E-state index is 0.0361. The molecule has 0 saturated carbocycles. The molecule has 0 aliphatic rings. The average molecular weight is 349 g/mol. The number of hydrogen-bond donors (Lipinski definition) is 1. The summed E-state index contributed by atoms with van der Waals surface area (Å²) in [5.74, 6) is 0.0514. The van der Waals surface area contributed by atoms with E-state index in [0.717, 1.165) is 9.65 Å². The fraction of sp³-hybridized carbons (Fsp3) is 0.0667. The molecule has 0 bridgehead atoms. The van der Waals surface area contributed by atoms with Gasteiger partial charge in [0.15, 0.2) is 5.82 Å². The van der Waals surface area contributed by atoms with Gasteiger partial charge in [-0.3, -0.25) is 0 Å². The molecular weight excluding hydrogens is 336 g/mol. The molecule has 118 valence electrons. The number of nitrogens with zero attached hydrogens (tertiary/aromatic N) is 3. The molecule has 3 aromatic rings. The lowest BCUT2D eigenvalue weighted by atomic mass is 10.1. The Balaban J connectivity index is 2.07. The van der Waals surface area contributed by atoms with Gasteiger partial charge < -0.3 is 5.73 Å². The molecule has 0 aliphatic carbocycles. The van der Waals surface area contributed by atoms with Gasteiger partial charge in [-0.2, -0.15) is 13.4 Å². The van der Waals surface area contributed by atoms with Crippen LogP contribution in [-0.4, -0.2) is 22.6 Å². The minimum atomic E-state index is -3.92. The molecule has 8 heteroatoms. The first kappa shape index (κ1) is 15.5. The van der Waals surface area contributed by atoms with E-state index in [-0.39, 0.29) is 16.7 Å². The number of benzene rings is 2. The summed E-state index contributed by atoms with van der Waals surface area (Å²) in [6.07, 6.45) is 0. The molecule has 6 nitrogen and oxygen atoms in total. The Morgan fingerprint density at radius 3 is 2.26 bits per heavy atom. The first-order valence-corrected chi connectivity index (χ1v) is 8.50. The summed E-state index contributed by atoms with van der Waals surface area (Å²) in [7, 11) is -3.92. The minimum Gasteiger partial charge on any atom is -0.367 e. The summed E-state index contributed by atoms with van der Waals surface area (Å²) in [6, 6.07) is 13.2. The van der Waals surface area contributed by atoms with Crippen LogP contribution in [-0.2, 0) is 10.0 Å². The second kappa shape index (κ2) is 5.68. The summed E-state index contributed by atoms with van der Waals surface area (Å²) in [4.78, 5) is 4.08. The zero-order chi connectivity index (χ0) is 16.6. The summed E-state index contributed by atoms with van der Waals surface area (Å²) in [6.45, 7) is 1.95. The third-order valence-electron chi connectivity index (χ3n) is 3.25. The zero-order valence-electron chi connectivity index (χ0n) is 12.1. The summed E-state index contributed by atoms with van der Waals surface area (Å²) < 4.78 is 25.9. The lowest BCUT2D eigenvalue weighted by Crippen LogP contribution is -2.17. The van der Waals surface area contributed by atoms with Crippen molar-refractivity contribution in [2.45, 2.75) is 11.8 Å². The number of aryl methyl sites for hydroxylation is 1. The van der Waals surface area contributed by atoms with Crippen LogP contribution in [0.3, 0.4) is 0 Å². The second-order valence-corrected chi connectivity index (χ2v) is 7.17. The van der Waals surface area contributed by atoms with Crippen LogP contribution in [0.25, 0.3) is 11.4 Å². The van der Waals surface area contributed by atoms with Crippen LogP contribution < -0.4 is 5.73 Å². The molecule has 0 radical (unpaired) electrons. The van der Waals surface area contributed by atoms with Crippen molar-refractivity contribution in [1.29, 1.82) is 0 Å². The topological polar surface area (TPSA) is 90.9 Å². The van der Waals surface area contributed by atoms with Crippen molar-refractivity contribution in [1.82, 2.24) is 14.2 Å². The molecule has 3 rings (SSSR count). The van der Waals surface area contributed by atoms with Crippen LogP contribution in [0.2, 0.25) is 5.02 Å². The standard InChI is InChI=1S/C15H13ClN4O2S/c1-10-2-4-11(5-3-10)14-18-15(17)20(19-14)23(21,22)13-8-6-12(16)7-9-13/h2-9H,1H3,(H2,17,18,19). The molecule has 0 amide bonds. The Morgan fingerprint density at radius 2 is 1.65 bits per heavy atom. The van der Waals surface area contributed by atoms with E-state index in [1.165, 1.54) is 24.3 Å². The van der Waals surface area contributed by atoms with E-state index in [4.69, 9.17) is 17.3 Å². The Bertz CT molecular complexity index is 948. The van der Waals surface area contributed by atoms with E-state index in [9.17, 15) is 8.42 Å². The van der Waals surface area contributed by atoms with Gasteiger partial charge in [0.25, 0.3) is 10.0 Å². The van der Waals surface area contributed by atoms with Crippen molar-refractivity contribution in [2.75, 3.05) is 5.73 Å². The molecular formula is C15H13ClN4O2S. The van der Waals surface area contributed by atoms with Crippen molar-refractivity contribution in [3.05, 3.63) is 59.1 Å². The molecule has 0 saturated heterocycles. The normalized spacial score (nSPS) is 11.6. The lowest BCUT2D eigenvalue weighted by Gasteiger charge is -2.04. The van der Waals surface area contributed by atoms with E-state index in [0.29, 0.717) is 10.6 Å². The smallest absolute Gasteiger partial charge is 0.286 e. The molecule has 0 unspecified atom stereocenters. The van der Waals surface area contributed by atoms with Crippen LogP contribution in [0.5, 0.6) is 0 Å². The molecule has 2 aromatic carbocycles. The van der Waals surface area contributed by atoms with Gasteiger partial charge in [0.05, 0.1) is 4.90 Å². The fourth-order valence-corrected chi connectivity index (χ4v) is 3.30. The van der Waals surface area contributed by atoms with Gasteiger partial charge in [-0.1, -0.05) is 41.4 Å². The molecule has 0 aliphatic heterocycles. The number of nitrogens with two attached hydrogens (primary N) is 1. The highest BCUT2D eigenvalue weighted by Crippen LogP contribution is 2.22. The van der Waals surface area contributed by atoms with E-state index in [1.54, 1.807) is 0 Å². The Labute approximate surface area is 138 Å². The molecule has 0 spiro atoms. The third kappa shape index (κ3) is 2.93. The van der Waals surface area contributed by atoms with Crippen LogP contribution >= 0.6 is 11.6 Å². The van der Waals surface area contributed by atoms with Crippen LogP contribution in [0.15, 0.2) is 53.4 Å². The molecule has 0 fully saturated rings. The van der Waals surface area contributed by atoms with Gasteiger partial charge in [-0.05, 0) is 31.2 Å². The first-order valence-electron chi connectivity index (χ1n) is 6.68.